The highest BCUT2D eigenvalue weighted by Gasteiger charge is 2.14. The van der Waals surface area contributed by atoms with E-state index in [2.05, 4.69) is 10.3 Å². The predicted molar refractivity (Wildman–Crippen MR) is 77.3 cm³/mol. The number of amides is 1. The van der Waals surface area contributed by atoms with Crippen LogP contribution in [0, 0.1) is 0 Å². The van der Waals surface area contributed by atoms with Gasteiger partial charge in [-0.3, -0.25) is 4.79 Å². The predicted octanol–water partition coefficient (Wildman–Crippen LogP) is 2.96. The van der Waals surface area contributed by atoms with E-state index in [-0.39, 0.29) is 22.4 Å². The minimum atomic E-state index is -0.323. The van der Waals surface area contributed by atoms with Crippen molar-refractivity contribution in [2.45, 2.75) is 0 Å². The number of hydrogen-bond acceptors (Lipinski definition) is 5. The molecule has 0 aliphatic heterocycles. The smallest absolute Gasteiger partial charge is 0.284 e. The first-order chi connectivity index (χ1) is 9.63. The summed E-state index contributed by atoms with van der Waals surface area (Å²) in [6.07, 6.45) is 0. The molecular formula is C14H10N2O3S. The number of aromatic nitrogens is 1. The van der Waals surface area contributed by atoms with E-state index in [4.69, 9.17) is 0 Å². The van der Waals surface area contributed by atoms with Gasteiger partial charge in [-0.2, -0.15) is 0 Å². The van der Waals surface area contributed by atoms with Crippen molar-refractivity contribution in [3.05, 3.63) is 47.5 Å². The van der Waals surface area contributed by atoms with Crippen molar-refractivity contribution < 1.29 is 15.0 Å². The summed E-state index contributed by atoms with van der Waals surface area (Å²) in [5, 5.41) is 21.8. The summed E-state index contributed by atoms with van der Waals surface area (Å²) in [4.78, 5) is 16.2. The summed E-state index contributed by atoms with van der Waals surface area (Å²) in [6.45, 7) is 0. The molecule has 3 N–H and O–H groups in total. The first-order valence-electron chi connectivity index (χ1n) is 5.82. The molecule has 0 fully saturated rings. The van der Waals surface area contributed by atoms with Gasteiger partial charge in [0, 0.05) is 17.8 Å². The summed E-state index contributed by atoms with van der Waals surface area (Å²) >= 11 is 1.15. The van der Waals surface area contributed by atoms with Crippen LogP contribution in [0.15, 0.2) is 42.5 Å². The number of rotatable bonds is 2. The van der Waals surface area contributed by atoms with Gasteiger partial charge in [-0.1, -0.05) is 18.2 Å². The number of anilines is 1. The maximum atomic E-state index is 12.1. The molecular weight excluding hydrogens is 276 g/mol. The van der Waals surface area contributed by atoms with Gasteiger partial charge < -0.3 is 15.5 Å². The Hall–Kier alpha value is -2.60. The van der Waals surface area contributed by atoms with Crippen molar-refractivity contribution >= 4 is 33.1 Å². The molecule has 3 aromatic rings. The van der Waals surface area contributed by atoms with Crippen LogP contribution in [-0.4, -0.2) is 21.1 Å². The van der Waals surface area contributed by atoms with Crippen LogP contribution in [0.5, 0.6) is 11.5 Å². The highest BCUT2D eigenvalue weighted by Crippen LogP contribution is 2.33. The Morgan fingerprint density at radius 2 is 1.80 bits per heavy atom. The second-order valence-corrected chi connectivity index (χ2v) is 5.18. The summed E-state index contributed by atoms with van der Waals surface area (Å²) in [6, 6.07) is 11.8. The summed E-state index contributed by atoms with van der Waals surface area (Å²) in [7, 11) is 0. The molecule has 0 atom stereocenters. The summed E-state index contributed by atoms with van der Waals surface area (Å²) in [5.41, 5.74) is 1.16. The lowest BCUT2D eigenvalue weighted by molar-refractivity contribution is 0.102. The average molecular weight is 286 g/mol. The number of nitrogens with zero attached hydrogens (tertiary/aromatic N) is 1. The van der Waals surface area contributed by atoms with Crippen LogP contribution in [0.1, 0.15) is 9.80 Å². The fraction of sp³-hybridized carbons (Fsp3) is 0. The normalized spacial score (nSPS) is 10.6. The summed E-state index contributed by atoms with van der Waals surface area (Å²) < 4.78 is 0.638. The number of benzene rings is 2. The Bertz CT molecular complexity index is 745. The topological polar surface area (TPSA) is 82.5 Å². The molecule has 0 radical (unpaired) electrons. The molecule has 100 valence electrons. The molecule has 0 bridgehead atoms. The van der Waals surface area contributed by atoms with Crippen molar-refractivity contribution in [1.82, 2.24) is 4.98 Å². The van der Waals surface area contributed by atoms with Crippen LogP contribution in [0.4, 0.5) is 5.69 Å². The van der Waals surface area contributed by atoms with E-state index in [1.807, 2.05) is 18.2 Å². The Kier molecular flexibility index (Phi) is 3.00. The van der Waals surface area contributed by atoms with Gasteiger partial charge in [-0.15, -0.1) is 11.3 Å². The van der Waals surface area contributed by atoms with Gasteiger partial charge in [0.15, 0.2) is 16.5 Å². The van der Waals surface area contributed by atoms with Crippen LogP contribution in [0.2, 0.25) is 0 Å². The highest BCUT2D eigenvalue weighted by atomic mass is 32.1. The monoisotopic (exact) mass is 286 g/mol. The second-order valence-electron chi connectivity index (χ2n) is 4.15. The van der Waals surface area contributed by atoms with Crippen LogP contribution in [0.25, 0.3) is 10.2 Å². The fourth-order valence-corrected chi connectivity index (χ4v) is 2.63. The van der Waals surface area contributed by atoms with Gasteiger partial charge in [-0.25, -0.2) is 4.98 Å². The Morgan fingerprint density at radius 3 is 2.55 bits per heavy atom. The first kappa shape index (κ1) is 12.4. The second kappa shape index (κ2) is 4.82. The quantitative estimate of drug-likeness (QED) is 0.632. The molecule has 5 nitrogen and oxygen atoms in total. The molecule has 20 heavy (non-hydrogen) atoms. The molecule has 1 aromatic heterocycles. The van der Waals surface area contributed by atoms with Gasteiger partial charge in [0.25, 0.3) is 5.91 Å². The number of hydrogen-bond donors (Lipinski definition) is 3. The lowest BCUT2D eigenvalue weighted by Crippen LogP contribution is -2.11. The van der Waals surface area contributed by atoms with Crippen molar-refractivity contribution in [2.24, 2.45) is 0 Å². The molecule has 0 unspecified atom stereocenters. The maximum Gasteiger partial charge on any atom is 0.284 e. The number of thiazole rings is 1. The number of fused-ring (bicyclic) bond motifs is 1. The first-order valence-corrected chi connectivity index (χ1v) is 6.64. The molecule has 0 saturated carbocycles. The molecule has 3 rings (SSSR count). The lowest BCUT2D eigenvalue weighted by atomic mass is 10.3. The third-order valence-electron chi connectivity index (χ3n) is 2.71. The lowest BCUT2D eigenvalue weighted by Gasteiger charge is -2.01. The van der Waals surface area contributed by atoms with Gasteiger partial charge in [-0.05, 0) is 12.1 Å². The number of carbonyl (C=O) groups excluding carboxylic acids is 1. The zero-order valence-corrected chi connectivity index (χ0v) is 11.0. The van der Waals surface area contributed by atoms with Crippen molar-refractivity contribution in [3.63, 3.8) is 0 Å². The van der Waals surface area contributed by atoms with Crippen LogP contribution in [0.3, 0.4) is 0 Å². The van der Waals surface area contributed by atoms with E-state index < -0.39 is 0 Å². The molecule has 0 spiro atoms. The zero-order valence-electron chi connectivity index (χ0n) is 10.2. The van der Waals surface area contributed by atoms with Crippen LogP contribution in [-0.2, 0) is 0 Å². The number of phenols is 2. The number of nitrogens with one attached hydrogen (secondary N) is 1. The largest absolute Gasteiger partial charge is 0.504 e. The number of phenolic OH excluding ortho intramolecular Hbond substituents is 2. The van der Waals surface area contributed by atoms with Crippen LogP contribution >= 0.6 is 11.3 Å². The number of aromatic hydroxyl groups is 2. The van der Waals surface area contributed by atoms with E-state index in [0.29, 0.717) is 15.9 Å². The standard InChI is InChI=1S/C14H10N2O3S/c17-10-6-9-12(7-11(10)18)20-14(16-9)13(19)15-8-4-2-1-3-5-8/h1-7,17-18H,(H,15,19). The van der Waals surface area contributed by atoms with E-state index in [9.17, 15) is 15.0 Å². The average Bonchev–Trinajstić information content (AvgIpc) is 2.83. The van der Waals surface area contributed by atoms with E-state index in [1.165, 1.54) is 12.1 Å². The SMILES string of the molecule is O=C(Nc1ccccc1)c1nc2cc(O)c(O)cc2s1. The summed E-state index contributed by atoms with van der Waals surface area (Å²) in [5.74, 6) is -0.801. The van der Waals surface area contributed by atoms with Crippen molar-refractivity contribution in [2.75, 3.05) is 5.32 Å². The number of para-hydroxylation sites is 1. The molecule has 6 heteroatoms. The van der Waals surface area contributed by atoms with Crippen molar-refractivity contribution in [3.8, 4) is 11.5 Å². The molecule has 0 aliphatic carbocycles. The van der Waals surface area contributed by atoms with Gasteiger partial charge >= 0.3 is 0 Å². The third-order valence-corrected chi connectivity index (χ3v) is 3.73. The van der Waals surface area contributed by atoms with Gasteiger partial charge in [0.05, 0.1) is 10.2 Å². The molecule has 0 saturated heterocycles. The fourth-order valence-electron chi connectivity index (χ4n) is 1.76. The highest BCUT2D eigenvalue weighted by molar-refractivity contribution is 7.20. The van der Waals surface area contributed by atoms with Crippen LogP contribution < -0.4 is 5.32 Å². The number of carbonyl (C=O) groups is 1. The molecule has 1 heterocycles. The van der Waals surface area contributed by atoms with E-state index >= 15 is 0 Å². The Morgan fingerprint density at radius 1 is 1.10 bits per heavy atom. The maximum absolute atomic E-state index is 12.1. The zero-order chi connectivity index (χ0) is 14.1. The molecule has 1 amide bonds. The minimum Gasteiger partial charge on any atom is -0.504 e. The van der Waals surface area contributed by atoms with E-state index in [0.717, 1.165) is 11.3 Å². The Balaban J connectivity index is 1.92. The molecule has 2 aromatic carbocycles. The van der Waals surface area contributed by atoms with E-state index in [1.54, 1.807) is 12.1 Å². The van der Waals surface area contributed by atoms with Gasteiger partial charge in [0.2, 0.25) is 0 Å². The Labute approximate surface area is 118 Å². The molecule has 0 aliphatic rings. The third kappa shape index (κ3) is 2.28. The minimum absolute atomic E-state index is 0.226. The van der Waals surface area contributed by atoms with Crippen molar-refractivity contribution in [1.29, 1.82) is 0 Å². The van der Waals surface area contributed by atoms with Gasteiger partial charge in [0.1, 0.15) is 0 Å².